The van der Waals surface area contributed by atoms with Crippen LogP contribution in [-0.4, -0.2) is 43.0 Å². The van der Waals surface area contributed by atoms with E-state index in [4.69, 9.17) is 19.5 Å². The van der Waals surface area contributed by atoms with Crippen LogP contribution in [-0.2, 0) is 9.47 Å². The number of hydrogen-bond donors (Lipinski definition) is 0. The Morgan fingerprint density at radius 2 is 1.17 bits per heavy atom. The Morgan fingerprint density at radius 3 is 1.39 bits per heavy atom. The lowest BCUT2D eigenvalue weighted by Gasteiger charge is -2.36. The Balaban J connectivity index is 2.35. The Morgan fingerprint density at radius 1 is 0.826 bits per heavy atom. The van der Waals surface area contributed by atoms with Crippen LogP contribution in [0, 0.1) is 10.8 Å². The molecule has 23 heavy (non-hydrogen) atoms. The molecule has 4 nitrogen and oxygen atoms in total. The van der Waals surface area contributed by atoms with E-state index < -0.39 is 6.15 Å². The summed E-state index contributed by atoms with van der Waals surface area (Å²) in [7, 11) is 0. The van der Waals surface area contributed by atoms with Crippen molar-refractivity contribution in [1.29, 1.82) is 0 Å². The molecule has 2 heterocycles. The quantitative estimate of drug-likeness (QED) is 0.727. The minimum Gasteiger partial charge on any atom is -0.519 e. The van der Waals surface area contributed by atoms with Crippen LogP contribution in [0.5, 0.6) is 0 Å². The topological polar surface area (TPSA) is 43.2 Å². The number of hydrogen-bond acceptors (Lipinski definition) is 4. The summed E-state index contributed by atoms with van der Waals surface area (Å²) in [6.45, 7) is 19.1. The van der Waals surface area contributed by atoms with Crippen LogP contribution in [0.1, 0.15) is 55.4 Å². The van der Waals surface area contributed by atoms with Gasteiger partial charge in [0, 0.05) is 11.6 Å². The molecule has 0 unspecified atom stereocenters. The smallest absolute Gasteiger partial charge is 0.180 e. The van der Waals surface area contributed by atoms with Gasteiger partial charge < -0.3 is 9.47 Å². The molecule has 0 saturated carbocycles. The Kier molecular flexibility index (Phi) is 4.90. The van der Waals surface area contributed by atoms with Gasteiger partial charge in [-0.3, -0.25) is 9.98 Å². The van der Waals surface area contributed by atoms with Gasteiger partial charge in [0.25, 0.3) is 0 Å². The third-order valence-electron chi connectivity index (χ3n) is 5.68. The summed E-state index contributed by atoms with van der Waals surface area (Å²) < 4.78 is 12.2. The van der Waals surface area contributed by atoms with E-state index >= 15 is 0 Å². The van der Waals surface area contributed by atoms with Gasteiger partial charge in [0.1, 0.15) is 13.2 Å². The Hall–Kier alpha value is -0.995. The maximum Gasteiger partial charge on any atom is 0.180 e. The van der Waals surface area contributed by atoms with Gasteiger partial charge in [0.15, 0.2) is 6.15 Å². The van der Waals surface area contributed by atoms with Crippen molar-refractivity contribution in [1.82, 2.24) is 0 Å². The van der Waals surface area contributed by atoms with Crippen LogP contribution >= 0.6 is 0 Å². The first-order chi connectivity index (χ1) is 10.5. The zero-order valence-electron chi connectivity index (χ0n) is 16.3. The van der Waals surface area contributed by atoms with E-state index in [0.717, 1.165) is 24.2 Å². The van der Waals surface area contributed by atoms with E-state index in [1.165, 1.54) is 0 Å². The first-order valence-corrected chi connectivity index (χ1v) is 9.15. The molecule has 2 rings (SSSR count). The van der Waals surface area contributed by atoms with E-state index in [2.05, 4.69) is 55.4 Å². The van der Waals surface area contributed by atoms with Crippen molar-refractivity contribution in [3.63, 3.8) is 0 Å². The highest BCUT2D eigenvalue weighted by molar-refractivity contribution is 7.24. The molecule has 0 amide bonds. The van der Waals surface area contributed by atoms with E-state index in [-0.39, 0.29) is 22.9 Å². The molecule has 2 aliphatic heterocycles. The van der Waals surface area contributed by atoms with Crippen molar-refractivity contribution in [3.8, 4) is 0 Å². The largest absolute Gasteiger partial charge is 0.519 e. The van der Waals surface area contributed by atoms with E-state index in [0.29, 0.717) is 13.2 Å². The van der Waals surface area contributed by atoms with Crippen molar-refractivity contribution >= 4 is 17.7 Å². The second-order valence-corrected chi connectivity index (χ2v) is 9.39. The zero-order valence-corrected chi connectivity index (χ0v) is 16.3. The lowest BCUT2D eigenvalue weighted by molar-refractivity contribution is 0.235. The molecule has 0 fully saturated rings. The summed E-state index contributed by atoms with van der Waals surface area (Å²) in [5, 5.41) is 0. The van der Waals surface area contributed by atoms with E-state index in [1.54, 1.807) is 0 Å². The van der Waals surface area contributed by atoms with Gasteiger partial charge in [-0.25, -0.2) is 0 Å². The molecule has 2 aliphatic rings. The van der Waals surface area contributed by atoms with Crippen molar-refractivity contribution in [2.45, 2.75) is 80.1 Å². The third kappa shape index (κ3) is 3.43. The van der Waals surface area contributed by atoms with Gasteiger partial charge in [-0.1, -0.05) is 55.4 Å². The van der Waals surface area contributed by atoms with Gasteiger partial charge in [-0.05, 0) is 10.8 Å². The summed E-state index contributed by atoms with van der Waals surface area (Å²) in [5.41, 5.74) is 0.245. The van der Waals surface area contributed by atoms with Crippen LogP contribution in [0.4, 0.5) is 0 Å². The molecule has 0 aromatic rings. The fourth-order valence-corrected chi connectivity index (χ4v) is 3.37. The second-order valence-electron chi connectivity index (χ2n) is 9.39. The fourth-order valence-electron chi connectivity index (χ4n) is 3.37. The number of aliphatic imine (C=N–C) groups is 2. The van der Waals surface area contributed by atoms with Gasteiger partial charge >= 0.3 is 0 Å². The average Bonchev–Trinajstić information content (AvgIpc) is 3.08. The molecule has 0 spiro atoms. The summed E-state index contributed by atoms with van der Waals surface area (Å²) in [4.78, 5) is 9.93. The van der Waals surface area contributed by atoms with Crippen LogP contribution in [0.3, 0.4) is 0 Å². The molecule has 0 aromatic carbocycles. The van der Waals surface area contributed by atoms with Crippen molar-refractivity contribution in [2.75, 3.05) is 13.2 Å². The minimum atomic E-state index is -1.10. The van der Waals surface area contributed by atoms with Gasteiger partial charge in [0.05, 0.1) is 12.1 Å². The summed E-state index contributed by atoms with van der Waals surface area (Å²) in [5.74, 6) is 1.78. The van der Waals surface area contributed by atoms with Crippen LogP contribution in [0.15, 0.2) is 9.98 Å². The molecule has 0 bridgehead atoms. The van der Waals surface area contributed by atoms with Crippen LogP contribution in [0.2, 0.25) is 12.6 Å². The molecule has 132 valence electrons. The number of nitrogens with zero attached hydrogens (tertiary/aromatic N) is 2. The van der Waals surface area contributed by atoms with Gasteiger partial charge in [-0.2, -0.15) is 12.6 Å². The molecular formula is C18H34BN2O2-. The maximum absolute atomic E-state index is 6.09. The predicted octanol–water partition coefficient (Wildman–Crippen LogP) is 4.24. The zero-order chi connectivity index (χ0) is 17.5. The third-order valence-corrected chi connectivity index (χ3v) is 5.68. The minimum absolute atomic E-state index is 0.122. The summed E-state index contributed by atoms with van der Waals surface area (Å²) >= 11 is 0. The second kappa shape index (κ2) is 6.14. The standard InChI is InChI=1S/C18H34BN2O2/c1-9-19(10-2,15-20-13(11-22-15)17(3,4)5)16-21-14(12-23-16)18(6,7)8/h13-14H,9-12H2,1-8H3/q-1/t13-,14-/m1/s1. The first-order valence-electron chi connectivity index (χ1n) is 9.15. The highest BCUT2D eigenvalue weighted by atomic mass is 16.5. The molecule has 0 saturated heterocycles. The highest BCUT2D eigenvalue weighted by Gasteiger charge is 2.43. The van der Waals surface area contributed by atoms with E-state index in [1.807, 2.05) is 0 Å². The molecule has 0 aromatic heterocycles. The molecule has 0 N–H and O–H groups in total. The van der Waals surface area contributed by atoms with Gasteiger partial charge in [-0.15, -0.1) is 0 Å². The predicted molar refractivity (Wildman–Crippen MR) is 100.0 cm³/mol. The van der Waals surface area contributed by atoms with E-state index in [9.17, 15) is 0 Å². The molecule has 0 aliphatic carbocycles. The molecule has 2 atom stereocenters. The van der Waals surface area contributed by atoms with Crippen molar-refractivity contribution in [2.24, 2.45) is 20.8 Å². The number of ether oxygens (including phenoxy) is 2. The average molecular weight is 321 g/mol. The molecule has 5 heteroatoms. The summed E-state index contributed by atoms with van der Waals surface area (Å²) in [6, 6.07) is 0.439. The van der Waals surface area contributed by atoms with Crippen LogP contribution in [0.25, 0.3) is 0 Å². The first kappa shape index (κ1) is 18.3. The Bertz CT molecular complexity index is 454. The molecular weight excluding hydrogens is 287 g/mol. The lowest BCUT2D eigenvalue weighted by atomic mass is 9.21. The summed E-state index contributed by atoms with van der Waals surface area (Å²) in [6.07, 6.45) is 0.824. The monoisotopic (exact) mass is 321 g/mol. The SMILES string of the molecule is CC[B-](CC)(C1=N[C@@H](C(C)(C)C)CO1)C1=N[C@@H](C(C)(C)C)CO1. The fraction of sp³-hybridized carbons (Fsp3) is 0.889. The highest BCUT2D eigenvalue weighted by Crippen LogP contribution is 2.34. The van der Waals surface area contributed by atoms with Crippen molar-refractivity contribution in [3.05, 3.63) is 0 Å². The Labute approximate surface area is 142 Å². The van der Waals surface area contributed by atoms with Gasteiger partial charge in [0.2, 0.25) is 0 Å². The lowest BCUT2D eigenvalue weighted by Crippen LogP contribution is -2.52. The normalized spacial score (nSPS) is 25.7. The molecule has 0 radical (unpaired) electrons. The van der Waals surface area contributed by atoms with Crippen molar-refractivity contribution < 1.29 is 9.47 Å². The number of rotatable bonds is 4. The van der Waals surface area contributed by atoms with Crippen LogP contribution < -0.4 is 0 Å². The maximum atomic E-state index is 6.09.